The minimum Gasteiger partial charge on any atom is -0.382 e. The number of alkyl halides is 2. The Morgan fingerprint density at radius 3 is 2.60 bits per heavy atom. The van der Waals surface area contributed by atoms with Gasteiger partial charge in [0.05, 0.1) is 17.2 Å². The van der Waals surface area contributed by atoms with E-state index in [0.29, 0.717) is 0 Å². The zero-order chi connectivity index (χ0) is 25.3. The first-order valence-corrected chi connectivity index (χ1v) is 10.4. The lowest BCUT2D eigenvalue weighted by Gasteiger charge is -2.21. The van der Waals surface area contributed by atoms with Crippen LogP contribution >= 0.6 is 0 Å². The van der Waals surface area contributed by atoms with Gasteiger partial charge in [-0.15, -0.1) is 0 Å². The van der Waals surface area contributed by atoms with Crippen LogP contribution < -0.4 is 22.3 Å². The zero-order valence-corrected chi connectivity index (χ0v) is 18.3. The summed E-state index contributed by atoms with van der Waals surface area (Å²) in [6, 6.07) is 11.1. The first-order chi connectivity index (χ1) is 16.7. The lowest BCUT2D eigenvalue weighted by Crippen LogP contribution is -2.28. The first-order valence-electron chi connectivity index (χ1n) is 10.4. The molecule has 9 nitrogen and oxygen atoms in total. The highest BCUT2D eigenvalue weighted by Gasteiger charge is 2.22. The Balaban J connectivity index is 1.93. The Morgan fingerprint density at radius 2 is 1.89 bits per heavy atom. The number of nitrogen functional groups attached to an aromatic ring is 2. The summed E-state index contributed by atoms with van der Waals surface area (Å²) in [7, 11) is 0. The summed E-state index contributed by atoms with van der Waals surface area (Å²) in [5.74, 6) is -0.964. The number of nitrogens with one attached hydrogen (secondary N) is 1. The Labute approximate surface area is 196 Å². The van der Waals surface area contributed by atoms with Crippen LogP contribution in [0.4, 0.5) is 30.8 Å². The fourth-order valence-corrected chi connectivity index (χ4v) is 3.73. The van der Waals surface area contributed by atoms with Crippen molar-refractivity contribution in [3.8, 4) is 11.8 Å². The minimum absolute atomic E-state index is 0.0107. The average molecular weight is 480 g/mol. The standard InChI is InChI=1S/C23H19F3N8O/c1-11(30-20-14(10-27)19(28)32-23(29)33-20)21-31-16-7-3-6-15(24)18(16)22(35)34(21)13-5-2-4-12(8-13)9-17(25)26/h2-8,11,17H,9H2,1H3,(H5,28,29,30,32,33)/t11-/m0/s1. The molecule has 2 aromatic carbocycles. The summed E-state index contributed by atoms with van der Waals surface area (Å²) >= 11 is 0. The molecule has 35 heavy (non-hydrogen) atoms. The maximum atomic E-state index is 14.6. The Morgan fingerprint density at radius 1 is 1.14 bits per heavy atom. The van der Waals surface area contributed by atoms with Gasteiger partial charge in [-0.05, 0) is 36.8 Å². The van der Waals surface area contributed by atoms with Gasteiger partial charge >= 0.3 is 0 Å². The molecule has 12 heteroatoms. The molecule has 0 saturated carbocycles. The van der Waals surface area contributed by atoms with E-state index in [1.165, 1.54) is 36.4 Å². The third-order valence-corrected chi connectivity index (χ3v) is 5.24. The van der Waals surface area contributed by atoms with Gasteiger partial charge in [0.1, 0.15) is 34.5 Å². The van der Waals surface area contributed by atoms with Crippen molar-refractivity contribution < 1.29 is 13.2 Å². The monoisotopic (exact) mass is 480 g/mol. The van der Waals surface area contributed by atoms with E-state index in [4.69, 9.17) is 11.5 Å². The average Bonchev–Trinajstić information content (AvgIpc) is 2.78. The second kappa shape index (κ2) is 9.30. The fraction of sp³-hybridized carbons (Fsp3) is 0.174. The molecule has 0 unspecified atom stereocenters. The molecule has 0 saturated heterocycles. The molecule has 2 aromatic heterocycles. The normalized spacial score (nSPS) is 12.0. The molecule has 4 aromatic rings. The Kier molecular flexibility index (Phi) is 6.24. The summed E-state index contributed by atoms with van der Waals surface area (Å²) in [5, 5.41) is 12.2. The molecule has 178 valence electrons. The number of fused-ring (bicyclic) bond motifs is 1. The molecular formula is C23H19F3N8O. The predicted octanol–water partition coefficient (Wildman–Crippen LogP) is 3.33. The highest BCUT2D eigenvalue weighted by Crippen LogP contribution is 2.26. The summed E-state index contributed by atoms with van der Waals surface area (Å²) in [6.45, 7) is 1.63. The van der Waals surface area contributed by atoms with Crippen LogP contribution in [0.2, 0.25) is 0 Å². The lowest BCUT2D eigenvalue weighted by molar-refractivity contribution is 0.149. The molecule has 0 aliphatic rings. The predicted molar refractivity (Wildman–Crippen MR) is 125 cm³/mol. The third-order valence-electron chi connectivity index (χ3n) is 5.24. The molecule has 0 fully saturated rings. The van der Waals surface area contributed by atoms with Crippen molar-refractivity contribution in [3.05, 3.63) is 75.6 Å². The van der Waals surface area contributed by atoms with Gasteiger partial charge in [-0.25, -0.2) is 18.2 Å². The highest BCUT2D eigenvalue weighted by atomic mass is 19.3. The quantitative estimate of drug-likeness (QED) is 0.381. The molecule has 1 atom stereocenters. The van der Waals surface area contributed by atoms with Crippen LogP contribution in [-0.4, -0.2) is 25.9 Å². The van der Waals surface area contributed by atoms with Crippen LogP contribution in [-0.2, 0) is 6.42 Å². The van der Waals surface area contributed by atoms with Gasteiger partial charge < -0.3 is 16.8 Å². The lowest BCUT2D eigenvalue weighted by atomic mass is 10.1. The molecule has 0 aliphatic heterocycles. The SMILES string of the molecule is C[C@H](Nc1nc(N)nc(N)c1C#N)c1nc2cccc(F)c2c(=O)n1-c1cccc(CC(F)F)c1. The highest BCUT2D eigenvalue weighted by molar-refractivity contribution is 5.79. The molecule has 2 heterocycles. The van der Waals surface area contributed by atoms with Gasteiger partial charge in [-0.2, -0.15) is 15.2 Å². The van der Waals surface area contributed by atoms with Crippen molar-refractivity contribution in [2.75, 3.05) is 16.8 Å². The van der Waals surface area contributed by atoms with Crippen LogP contribution in [0, 0.1) is 17.1 Å². The van der Waals surface area contributed by atoms with Crippen LogP contribution in [0.15, 0.2) is 47.3 Å². The van der Waals surface area contributed by atoms with Crippen molar-refractivity contribution in [2.45, 2.75) is 25.8 Å². The van der Waals surface area contributed by atoms with Crippen LogP contribution in [0.1, 0.15) is 29.9 Å². The van der Waals surface area contributed by atoms with Crippen molar-refractivity contribution >= 4 is 28.5 Å². The van der Waals surface area contributed by atoms with Gasteiger partial charge in [-0.1, -0.05) is 18.2 Å². The maximum absolute atomic E-state index is 14.6. The number of nitriles is 1. The van der Waals surface area contributed by atoms with E-state index in [-0.39, 0.29) is 51.1 Å². The van der Waals surface area contributed by atoms with Crippen molar-refractivity contribution in [1.29, 1.82) is 5.26 Å². The van der Waals surface area contributed by atoms with Crippen LogP contribution in [0.25, 0.3) is 16.6 Å². The maximum Gasteiger partial charge on any atom is 0.269 e. The molecule has 5 N–H and O–H groups in total. The van der Waals surface area contributed by atoms with E-state index in [1.807, 2.05) is 6.07 Å². The number of anilines is 3. The van der Waals surface area contributed by atoms with Gasteiger partial charge in [-0.3, -0.25) is 9.36 Å². The summed E-state index contributed by atoms with van der Waals surface area (Å²) in [6.07, 6.45) is -3.11. The first kappa shape index (κ1) is 23.5. The van der Waals surface area contributed by atoms with Gasteiger partial charge in [0, 0.05) is 6.42 Å². The van der Waals surface area contributed by atoms with Crippen molar-refractivity contribution in [2.24, 2.45) is 0 Å². The van der Waals surface area contributed by atoms with Gasteiger partial charge in [0.2, 0.25) is 12.4 Å². The molecule has 4 rings (SSSR count). The number of rotatable bonds is 6. The van der Waals surface area contributed by atoms with E-state index in [0.717, 1.165) is 10.6 Å². The summed E-state index contributed by atoms with van der Waals surface area (Å²) in [5.41, 5.74) is 11.2. The molecular weight excluding hydrogens is 461 g/mol. The van der Waals surface area contributed by atoms with E-state index in [9.17, 15) is 23.2 Å². The minimum atomic E-state index is -2.59. The van der Waals surface area contributed by atoms with Gasteiger partial charge in [0.25, 0.3) is 5.56 Å². The van der Waals surface area contributed by atoms with Gasteiger partial charge in [0.15, 0.2) is 5.82 Å². The number of nitrogens with zero attached hydrogens (tertiary/aromatic N) is 5. The third kappa shape index (κ3) is 4.56. The van der Waals surface area contributed by atoms with E-state index >= 15 is 0 Å². The number of hydrogen-bond donors (Lipinski definition) is 3. The Bertz CT molecular complexity index is 1530. The van der Waals surface area contributed by atoms with E-state index in [1.54, 1.807) is 6.92 Å². The largest absolute Gasteiger partial charge is 0.382 e. The van der Waals surface area contributed by atoms with Crippen LogP contribution in [0.3, 0.4) is 0 Å². The molecule has 0 radical (unpaired) electrons. The van der Waals surface area contributed by atoms with Crippen LogP contribution in [0.5, 0.6) is 0 Å². The summed E-state index contributed by atoms with van der Waals surface area (Å²) < 4.78 is 41.7. The second-order valence-corrected chi connectivity index (χ2v) is 7.68. The zero-order valence-electron chi connectivity index (χ0n) is 18.3. The number of hydrogen-bond acceptors (Lipinski definition) is 8. The van der Waals surface area contributed by atoms with Crippen molar-refractivity contribution in [3.63, 3.8) is 0 Å². The molecule has 0 bridgehead atoms. The fourth-order valence-electron chi connectivity index (χ4n) is 3.73. The van der Waals surface area contributed by atoms with E-state index in [2.05, 4.69) is 20.3 Å². The topological polar surface area (TPSA) is 149 Å². The molecule has 0 spiro atoms. The smallest absolute Gasteiger partial charge is 0.269 e. The number of halogens is 3. The van der Waals surface area contributed by atoms with Crippen molar-refractivity contribution in [1.82, 2.24) is 19.5 Å². The number of aromatic nitrogens is 4. The second-order valence-electron chi connectivity index (χ2n) is 7.68. The molecule has 0 aliphatic carbocycles. The number of nitrogens with two attached hydrogens (primary N) is 2. The summed E-state index contributed by atoms with van der Waals surface area (Å²) in [4.78, 5) is 25.7. The van der Waals surface area contributed by atoms with E-state index < -0.39 is 30.3 Å². The Hall–Kier alpha value is -4.66. The molecule has 0 amide bonds. The number of benzene rings is 2.